The van der Waals surface area contributed by atoms with Crippen LogP contribution in [0.2, 0.25) is 0 Å². The van der Waals surface area contributed by atoms with Gasteiger partial charge in [-0.2, -0.15) is 4.98 Å². The van der Waals surface area contributed by atoms with Gasteiger partial charge in [-0.3, -0.25) is 9.69 Å². The highest BCUT2D eigenvalue weighted by atomic mass is 32.2. The van der Waals surface area contributed by atoms with Gasteiger partial charge < -0.3 is 9.26 Å². The van der Waals surface area contributed by atoms with Crippen LogP contribution in [0.5, 0.6) is 0 Å². The van der Waals surface area contributed by atoms with E-state index in [1.165, 1.54) is 0 Å². The number of hydrogen-bond acceptors (Lipinski definition) is 8. The molecule has 22 heavy (non-hydrogen) atoms. The van der Waals surface area contributed by atoms with Gasteiger partial charge in [0.2, 0.25) is 0 Å². The molecular weight excluding hydrogens is 310 g/mol. The van der Waals surface area contributed by atoms with Crippen LogP contribution in [0.1, 0.15) is 25.6 Å². The van der Waals surface area contributed by atoms with E-state index in [4.69, 9.17) is 9.26 Å². The van der Waals surface area contributed by atoms with Crippen molar-refractivity contribution in [1.29, 1.82) is 0 Å². The second kappa shape index (κ2) is 7.19. The highest BCUT2D eigenvalue weighted by Gasteiger charge is 2.23. The van der Waals surface area contributed by atoms with Crippen molar-refractivity contribution in [2.24, 2.45) is 5.92 Å². The first kappa shape index (κ1) is 16.9. The first-order chi connectivity index (χ1) is 10.3. The summed E-state index contributed by atoms with van der Waals surface area (Å²) in [6.45, 7) is 4.83. The molecule has 1 aliphatic rings. The van der Waals surface area contributed by atoms with Crippen LogP contribution in [-0.4, -0.2) is 60.6 Å². The van der Waals surface area contributed by atoms with Crippen LogP contribution in [0.3, 0.4) is 0 Å². The standard InChI is InChI=1S/C13H21N3O5S/c1-10(2)7-11-14-12(21-15-11)9-20-13(17)8-16-3-5-22(18,19)6-4-16/h10H,3-9H2,1-2H3. The van der Waals surface area contributed by atoms with Crippen molar-refractivity contribution in [2.75, 3.05) is 31.1 Å². The molecule has 124 valence electrons. The Morgan fingerprint density at radius 1 is 1.36 bits per heavy atom. The van der Waals surface area contributed by atoms with Gasteiger partial charge in [-0.05, 0) is 5.92 Å². The van der Waals surface area contributed by atoms with E-state index in [0.29, 0.717) is 31.3 Å². The van der Waals surface area contributed by atoms with Crippen LogP contribution in [0, 0.1) is 5.92 Å². The minimum Gasteiger partial charge on any atom is -0.455 e. The molecule has 0 aromatic carbocycles. The summed E-state index contributed by atoms with van der Waals surface area (Å²) in [6.07, 6.45) is 0.708. The third-order valence-corrected chi connectivity index (χ3v) is 4.86. The largest absolute Gasteiger partial charge is 0.455 e. The second-order valence-corrected chi connectivity index (χ2v) is 8.09. The number of aromatic nitrogens is 2. The van der Waals surface area contributed by atoms with Crippen LogP contribution in [0.15, 0.2) is 4.52 Å². The smallest absolute Gasteiger partial charge is 0.320 e. The number of carbonyl (C=O) groups excluding carboxylic acids is 1. The number of sulfone groups is 1. The van der Waals surface area contributed by atoms with E-state index >= 15 is 0 Å². The lowest BCUT2D eigenvalue weighted by atomic mass is 10.1. The van der Waals surface area contributed by atoms with E-state index in [2.05, 4.69) is 24.0 Å². The molecular formula is C13H21N3O5S. The molecule has 2 heterocycles. The molecule has 0 radical (unpaired) electrons. The molecule has 1 saturated heterocycles. The first-order valence-corrected chi connectivity index (χ1v) is 9.06. The zero-order valence-corrected chi connectivity index (χ0v) is 13.6. The molecule has 9 heteroatoms. The molecule has 0 bridgehead atoms. The van der Waals surface area contributed by atoms with Crippen molar-refractivity contribution in [3.05, 3.63) is 11.7 Å². The third-order valence-electron chi connectivity index (χ3n) is 3.25. The van der Waals surface area contributed by atoms with Crippen LogP contribution in [-0.2, 0) is 32.4 Å². The van der Waals surface area contributed by atoms with E-state index in [1.807, 2.05) is 0 Å². The summed E-state index contributed by atoms with van der Waals surface area (Å²) in [5, 5.41) is 3.81. The molecule has 0 N–H and O–H groups in total. The van der Waals surface area contributed by atoms with Crippen LogP contribution < -0.4 is 0 Å². The number of nitrogens with zero attached hydrogens (tertiary/aromatic N) is 3. The topological polar surface area (TPSA) is 103 Å². The normalized spacial score (nSPS) is 18.5. The number of rotatable bonds is 6. The maximum Gasteiger partial charge on any atom is 0.320 e. The summed E-state index contributed by atoms with van der Waals surface area (Å²) in [5.41, 5.74) is 0. The molecule has 2 rings (SSSR count). The fourth-order valence-electron chi connectivity index (χ4n) is 2.08. The summed E-state index contributed by atoms with van der Waals surface area (Å²) < 4.78 is 32.7. The number of esters is 1. The summed E-state index contributed by atoms with van der Waals surface area (Å²) in [6, 6.07) is 0. The van der Waals surface area contributed by atoms with Crippen molar-refractivity contribution in [3.63, 3.8) is 0 Å². The zero-order valence-electron chi connectivity index (χ0n) is 12.8. The Bertz CT molecular complexity index is 597. The number of hydrogen-bond donors (Lipinski definition) is 0. The lowest BCUT2D eigenvalue weighted by Gasteiger charge is -2.25. The lowest BCUT2D eigenvalue weighted by molar-refractivity contribution is -0.147. The molecule has 1 aliphatic heterocycles. The van der Waals surface area contributed by atoms with Crippen molar-refractivity contribution >= 4 is 15.8 Å². The SMILES string of the molecule is CC(C)Cc1noc(COC(=O)CN2CCS(=O)(=O)CC2)n1. The molecule has 0 spiro atoms. The van der Waals surface area contributed by atoms with Gasteiger partial charge in [-0.1, -0.05) is 19.0 Å². The van der Waals surface area contributed by atoms with Crippen LogP contribution in [0.25, 0.3) is 0 Å². The fraction of sp³-hybridized carbons (Fsp3) is 0.769. The van der Waals surface area contributed by atoms with E-state index in [0.717, 1.165) is 0 Å². The van der Waals surface area contributed by atoms with E-state index in [1.54, 1.807) is 4.90 Å². The van der Waals surface area contributed by atoms with Gasteiger partial charge in [-0.25, -0.2) is 8.42 Å². The van der Waals surface area contributed by atoms with Crippen molar-refractivity contribution in [3.8, 4) is 0 Å². The van der Waals surface area contributed by atoms with Gasteiger partial charge in [0.15, 0.2) is 22.3 Å². The second-order valence-electron chi connectivity index (χ2n) is 5.79. The Morgan fingerprint density at radius 2 is 2.05 bits per heavy atom. The Morgan fingerprint density at radius 3 is 2.68 bits per heavy atom. The predicted molar refractivity (Wildman–Crippen MR) is 77.7 cm³/mol. The molecule has 0 saturated carbocycles. The fourth-order valence-corrected chi connectivity index (χ4v) is 3.35. The molecule has 0 amide bonds. The van der Waals surface area contributed by atoms with E-state index in [9.17, 15) is 13.2 Å². The summed E-state index contributed by atoms with van der Waals surface area (Å²) in [7, 11) is -2.94. The molecule has 0 atom stereocenters. The highest BCUT2D eigenvalue weighted by Crippen LogP contribution is 2.07. The highest BCUT2D eigenvalue weighted by molar-refractivity contribution is 7.91. The van der Waals surface area contributed by atoms with Gasteiger partial charge in [0.25, 0.3) is 5.89 Å². The van der Waals surface area contributed by atoms with Crippen molar-refractivity contribution in [2.45, 2.75) is 26.9 Å². The summed E-state index contributed by atoms with van der Waals surface area (Å²) in [5.74, 6) is 1.03. The zero-order chi connectivity index (χ0) is 16.2. The average Bonchev–Trinajstić information content (AvgIpc) is 2.86. The molecule has 8 nitrogen and oxygen atoms in total. The van der Waals surface area contributed by atoms with Crippen LogP contribution >= 0.6 is 0 Å². The number of carbonyl (C=O) groups is 1. The minimum atomic E-state index is -2.94. The van der Waals surface area contributed by atoms with Crippen LogP contribution in [0.4, 0.5) is 0 Å². The molecule has 0 unspecified atom stereocenters. The van der Waals surface area contributed by atoms with Gasteiger partial charge in [0.05, 0.1) is 18.1 Å². The Hall–Kier alpha value is -1.48. The molecule has 1 fully saturated rings. The van der Waals surface area contributed by atoms with Crippen molar-refractivity contribution in [1.82, 2.24) is 15.0 Å². The van der Waals surface area contributed by atoms with E-state index in [-0.39, 0.29) is 30.5 Å². The minimum absolute atomic E-state index is 0.0595. The van der Waals surface area contributed by atoms with Gasteiger partial charge in [-0.15, -0.1) is 0 Å². The maximum atomic E-state index is 11.7. The maximum absolute atomic E-state index is 11.7. The Balaban J connectivity index is 1.72. The Kier molecular flexibility index (Phi) is 5.52. The summed E-state index contributed by atoms with van der Waals surface area (Å²) in [4.78, 5) is 17.6. The average molecular weight is 331 g/mol. The first-order valence-electron chi connectivity index (χ1n) is 7.24. The monoisotopic (exact) mass is 331 g/mol. The predicted octanol–water partition coefficient (Wildman–Crippen LogP) is 0.0417. The van der Waals surface area contributed by atoms with Gasteiger partial charge in [0, 0.05) is 19.5 Å². The Labute approximate surface area is 129 Å². The van der Waals surface area contributed by atoms with Gasteiger partial charge >= 0.3 is 5.97 Å². The van der Waals surface area contributed by atoms with Crippen molar-refractivity contribution < 1.29 is 22.5 Å². The quantitative estimate of drug-likeness (QED) is 0.673. The third kappa shape index (κ3) is 5.38. The molecule has 0 aliphatic carbocycles. The van der Waals surface area contributed by atoms with Gasteiger partial charge in [0.1, 0.15) is 0 Å². The number of ether oxygens (including phenoxy) is 1. The lowest BCUT2D eigenvalue weighted by Crippen LogP contribution is -2.43. The molecule has 1 aromatic rings. The van der Waals surface area contributed by atoms with E-state index < -0.39 is 15.8 Å². The summed E-state index contributed by atoms with van der Waals surface area (Å²) >= 11 is 0. The molecule has 1 aromatic heterocycles.